The molecule has 0 aromatic rings. The molecule has 1 saturated heterocycles. The lowest BCUT2D eigenvalue weighted by Gasteiger charge is -2.30. The van der Waals surface area contributed by atoms with E-state index in [0.29, 0.717) is 5.25 Å². The average Bonchev–Trinajstić information content (AvgIpc) is 2.91. The van der Waals surface area contributed by atoms with Gasteiger partial charge in [0.05, 0.1) is 0 Å². The van der Waals surface area contributed by atoms with E-state index in [-0.39, 0.29) is 0 Å². The molecule has 2 rings (SSSR count). The second-order valence-corrected chi connectivity index (χ2v) is 7.94. The smallest absolute Gasteiger partial charge is 0.0348 e. The summed E-state index contributed by atoms with van der Waals surface area (Å²) < 4.78 is 3.70. The van der Waals surface area contributed by atoms with E-state index < -0.39 is 0 Å². The lowest BCUT2D eigenvalue weighted by atomic mass is 10.1. The predicted molar refractivity (Wildman–Crippen MR) is 114 cm³/mol. The van der Waals surface area contributed by atoms with Crippen molar-refractivity contribution >= 4 is 11.9 Å². The van der Waals surface area contributed by atoms with Crippen LogP contribution in [-0.4, -0.2) is 42.4 Å². The summed E-state index contributed by atoms with van der Waals surface area (Å²) in [6, 6.07) is 0.720. The van der Waals surface area contributed by atoms with E-state index in [4.69, 9.17) is 0 Å². The van der Waals surface area contributed by atoms with Gasteiger partial charge in [-0.2, -0.15) is 0 Å². The quantitative estimate of drug-likeness (QED) is 0.318. The maximum Gasteiger partial charge on any atom is 0.0348 e. The molecule has 142 valence electrons. The number of hydrogen-bond acceptors (Lipinski definition) is 4. The first-order chi connectivity index (χ1) is 12.2. The Morgan fingerprint density at radius 1 is 1.24 bits per heavy atom. The minimum absolute atomic E-state index is 0.515. The monoisotopic (exact) mass is 363 g/mol. The zero-order chi connectivity index (χ0) is 18.3. The summed E-state index contributed by atoms with van der Waals surface area (Å²) in [5, 5.41) is 3.93. The fourth-order valence-electron chi connectivity index (χ4n) is 3.18. The Balaban J connectivity index is 0.000000970. The molecule has 0 spiro atoms. The second-order valence-electron chi connectivity index (χ2n) is 6.73. The molecule has 2 aliphatic rings. The Morgan fingerprint density at radius 3 is 2.40 bits per heavy atom. The van der Waals surface area contributed by atoms with Gasteiger partial charge in [-0.25, -0.2) is 0 Å². The van der Waals surface area contributed by atoms with Gasteiger partial charge in [0.25, 0.3) is 0 Å². The molecule has 4 heteroatoms. The third-order valence-electron chi connectivity index (χ3n) is 4.59. The van der Waals surface area contributed by atoms with Crippen LogP contribution < -0.4 is 10.0 Å². The number of terminal acetylenes is 1. The van der Waals surface area contributed by atoms with Crippen LogP contribution in [0.1, 0.15) is 59.3 Å². The average molecular weight is 364 g/mol. The van der Waals surface area contributed by atoms with Gasteiger partial charge in [0.2, 0.25) is 0 Å². The number of allylic oxidation sites excluding steroid dienone is 2. The Bertz CT molecular complexity index is 425. The zero-order valence-electron chi connectivity index (χ0n) is 16.4. The summed E-state index contributed by atoms with van der Waals surface area (Å²) >= 11 is 1.90. The van der Waals surface area contributed by atoms with Crippen molar-refractivity contribution in [2.24, 2.45) is 0 Å². The first-order valence-electron chi connectivity index (χ1n) is 9.80. The van der Waals surface area contributed by atoms with Gasteiger partial charge in [-0.3, -0.25) is 4.72 Å². The summed E-state index contributed by atoms with van der Waals surface area (Å²) in [6.45, 7) is 10.5. The van der Waals surface area contributed by atoms with Gasteiger partial charge >= 0.3 is 0 Å². The molecule has 2 fully saturated rings. The molecule has 3 nitrogen and oxygen atoms in total. The third kappa shape index (κ3) is 9.99. The van der Waals surface area contributed by atoms with E-state index in [9.17, 15) is 0 Å². The Hall–Kier alpha value is -0.890. The van der Waals surface area contributed by atoms with Gasteiger partial charge in [0, 0.05) is 43.2 Å². The molecule has 1 unspecified atom stereocenters. The molecule has 25 heavy (non-hydrogen) atoms. The van der Waals surface area contributed by atoms with Crippen LogP contribution in [0.25, 0.3) is 0 Å². The van der Waals surface area contributed by atoms with Crippen LogP contribution in [-0.2, 0) is 0 Å². The van der Waals surface area contributed by atoms with Crippen molar-refractivity contribution in [3.05, 3.63) is 23.9 Å². The van der Waals surface area contributed by atoms with E-state index in [1.54, 1.807) is 6.92 Å². The van der Waals surface area contributed by atoms with E-state index >= 15 is 0 Å². The summed E-state index contributed by atoms with van der Waals surface area (Å²) in [5.41, 5.74) is 1.36. The lowest BCUT2D eigenvalue weighted by molar-refractivity contribution is 0.307. The third-order valence-corrected chi connectivity index (χ3v) is 5.59. The van der Waals surface area contributed by atoms with Gasteiger partial charge in [-0.15, -0.1) is 12.3 Å². The van der Waals surface area contributed by atoms with Crippen molar-refractivity contribution in [1.82, 2.24) is 14.9 Å². The van der Waals surface area contributed by atoms with Crippen molar-refractivity contribution < 1.29 is 0 Å². The standard InChI is InChI=1S/C18H33N3S.C3H4/c1-3-18(21-14-12-19-13-15-21)11-10-16(2)22-20-17-8-6-4-5-7-9-17;1-3-2/h3,10-11,16-17,19-20H,4-9,12-15H2,1-2H3;1H,2H3/b11-10-,18-3+;. The molecule has 1 saturated carbocycles. The van der Waals surface area contributed by atoms with E-state index in [2.05, 4.69) is 59.4 Å². The lowest BCUT2D eigenvalue weighted by Crippen LogP contribution is -2.42. The molecule has 0 amide bonds. The van der Waals surface area contributed by atoms with Crippen molar-refractivity contribution in [2.45, 2.75) is 70.6 Å². The molecule has 0 bridgehead atoms. The molecule has 1 atom stereocenters. The van der Waals surface area contributed by atoms with Gasteiger partial charge in [-0.05, 0) is 39.7 Å². The molecule has 1 aliphatic carbocycles. The number of nitrogens with one attached hydrogen (secondary N) is 2. The zero-order valence-corrected chi connectivity index (χ0v) is 17.2. The van der Waals surface area contributed by atoms with E-state index in [1.165, 1.54) is 44.2 Å². The van der Waals surface area contributed by atoms with Gasteiger partial charge in [0.1, 0.15) is 0 Å². The van der Waals surface area contributed by atoms with E-state index in [0.717, 1.165) is 32.2 Å². The van der Waals surface area contributed by atoms with Crippen molar-refractivity contribution in [3.63, 3.8) is 0 Å². The first kappa shape index (κ1) is 22.2. The van der Waals surface area contributed by atoms with Crippen LogP contribution >= 0.6 is 11.9 Å². The normalized spacial score (nSPS) is 21.2. The topological polar surface area (TPSA) is 27.3 Å². The molecule has 0 radical (unpaired) electrons. The van der Waals surface area contributed by atoms with Gasteiger partial charge in [-0.1, -0.05) is 49.8 Å². The SMILES string of the molecule is C#CC.C/C=C(\C=C/C(C)SNC1CCCCCC1)N1CCNCC1. The number of rotatable bonds is 6. The minimum Gasteiger partial charge on any atom is -0.369 e. The van der Waals surface area contributed by atoms with E-state index in [1.807, 2.05) is 11.9 Å². The highest BCUT2D eigenvalue weighted by atomic mass is 32.2. The summed E-state index contributed by atoms with van der Waals surface area (Å²) in [4.78, 5) is 2.48. The van der Waals surface area contributed by atoms with Gasteiger partial charge in [0.15, 0.2) is 0 Å². The predicted octanol–water partition coefficient (Wildman–Crippen LogP) is 4.34. The second kappa shape index (κ2) is 14.3. The molecular weight excluding hydrogens is 326 g/mol. The Morgan fingerprint density at radius 2 is 1.84 bits per heavy atom. The highest BCUT2D eigenvalue weighted by Crippen LogP contribution is 2.20. The van der Waals surface area contributed by atoms with Gasteiger partial charge < -0.3 is 10.2 Å². The molecule has 2 N–H and O–H groups in total. The summed E-state index contributed by atoms with van der Waals surface area (Å²) in [7, 11) is 0. The number of piperazine rings is 1. The van der Waals surface area contributed by atoms with Crippen molar-refractivity contribution in [3.8, 4) is 12.3 Å². The maximum absolute atomic E-state index is 4.60. The maximum atomic E-state index is 4.60. The first-order valence-corrected chi connectivity index (χ1v) is 10.7. The van der Waals surface area contributed by atoms with Crippen LogP contribution in [0.15, 0.2) is 23.9 Å². The van der Waals surface area contributed by atoms with Crippen LogP contribution in [0.5, 0.6) is 0 Å². The van der Waals surface area contributed by atoms with Crippen molar-refractivity contribution in [1.29, 1.82) is 0 Å². The molecule has 0 aromatic heterocycles. The summed E-state index contributed by atoms with van der Waals surface area (Å²) in [5.74, 6) is 2.25. The molecule has 1 aliphatic heterocycles. The highest BCUT2D eigenvalue weighted by Gasteiger charge is 2.13. The number of hydrogen-bond donors (Lipinski definition) is 2. The molecular formula is C21H37N3S. The molecule has 1 heterocycles. The van der Waals surface area contributed by atoms with Crippen molar-refractivity contribution in [2.75, 3.05) is 26.2 Å². The van der Waals surface area contributed by atoms with Crippen LogP contribution in [0, 0.1) is 12.3 Å². The van der Waals surface area contributed by atoms with Crippen LogP contribution in [0.2, 0.25) is 0 Å². The Labute approximate surface area is 160 Å². The Kier molecular flexibility index (Phi) is 12.7. The number of nitrogens with zero attached hydrogens (tertiary/aromatic N) is 1. The van der Waals surface area contributed by atoms with Crippen LogP contribution in [0.3, 0.4) is 0 Å². The molecule has 0 aromatic carbocycles. The van der Waals surface area contributed by atoms with Crippen LogP contribution in [0.4, 0.5) is 0 Å². The highest BCUT2D eigenvalue weighted by molar-refractivity contribution is 7.98. The fourth-order valence-corrected chi connectivity index (χ4v) is 3.98. The summed E-state index contributed by atoms with van der Waals surface area (Å²) in [6.07, 6.45) is 19.8. The largest absolute Gasteiger partial charge is 0.369 e. The fraction of sp³-hybridized carbons (Fsp3) is 0.714. The minimum atomic E-state index is 0.515.